The average molecular weight is 445 g/mol. The number of carbonyl (C=O) groups excluding carboxylic acids is 2. The van der Waals surface area contributed by atoms with Crippen LogP contribution in [0.25, 0.3) is 0 Å². The van der Waals surface area contributed by atoms with Crippen LogP contribution in [-0.4, -0.2) is 65.3 Å². The van der Waals surface area contributed by atoms with Crippen LogP contribution < -0.4 is 15.8 Å². The number of amides is 3. The van der Waals surface area contributed by atoms with Crippen molar-refractivity contribution in [2.75, 3.05) is 38.3 Å². The fourth-order valence-electron chi connectivity index (χ4n) is 3.86. The number of aliphatic hydroxyl groups is 1. The molecule has 10 nitrogen and oxygen atoms in total. The van der Waals surface area contributed by atoms with Gasteiger partial charge in [-0.3, -0.25) is 14.5 Å². The van der Waals surface area contributed by atoms with Crippen LogP contribution in [0.2, 0.25) is 0 Å². The molecule has 4 rings (SSSR count). The van der Waals surface area contributed by atoms with Gasteiger partial charge in [-0.25, -0.2) is 14.2 Å². The SMILES string of the molecule is CN1CCN(c2cc(F)ccc2CNC(=O)c2nc(C3CCOC3)[nH]c(=O)c2CO)C1=O. The summed E-state index contributed by atoms with van der Waals surface area (Å²) >= 11 is 0. The van der Waals surface area contributed by atoms with E-state index in [0.29, 0.717) is 49.8 Å². The highest BCUT2D eigenvalue weighted by Gasteiger charge is 2.29. The van der Waals surface area contributed by atoms with Crippen molar-refractivity contribution in [3.8, 4) is 0 Å². The fourth-order valence-corrected chi connectivity index (χ4v) is 3.86. The summed E-state index contributed by atoms with van der Waals surface area (Å²) in [5, 5.41) is 12.3. The number of anilines is 1. The van der Waals surface area contributed by atoms with E-state index < -0.39 is 23.9 Å². The van der Waals surface area contributed by atoms with Gasteiger partial charge in [0.15, 0.2) is 0 Å². The molecule has 32 heavy (non-hydrogen) atoms. The quantitative estimate of drug-likeness (QED) is 0.601. The smallest absolute Gasteiger partial charge is 0.324 e. The molecule has 0 bridgehead atoms. The van der Waals surface area contributed by atoms with Crippen LogP contribution in [0.5, 0.6) is 0 Å². The van der Waals surface area contributed by atoms with Gasteiger partial charge in [-0.1, -0.05) is 6.07 Å². The predicted molar refractivity (Wildman–Crippen MR) is 112 cm³/mol. The molecule has 0 aliphatic carbocycles. The third kappa shape index (κ3) is 4.21. The van der Waals surface area contributed by atoms with E-state index in [1.807, 2.05) is 0 Å². The minimum Gasteiger partial charge on any atom is -0.391 e. The Morgan fingerprint density at radius 2 is 2.19 bits per heavy atom. The van der Waals surface area contributed by atoms with Gasteiger partial charge >= 0.3 is 6.03 Å². The van der Waals surface area contributed by atoms with E-state index in [9.17, 15) is 23.9 Å². The van der Waals surface area contributed by atoms with E-state index >= 15 is 0 Å². The lowest BCUT2D eigenvalue weighted by atomic mass is 10.1. The second-order valence-electron chi connectivity index (χ2n) is 7.81. The fraction of sp³-hybridized carbons (Fsp3) is 0.429. The molecule has 11 heteroatoms. The molecule has 3 N–H and O–H groups in total. The highest BCUT2D eigenvalue weighted by molar-refractivity contribution is 5.95. The van der Waals surface area contributed by atoms with Crippen LogP contribution in [-0.2, 0) is 17.9 Å². The van der Waals surface area contributed by atoms with Gasteiger partial charge in [0.25, 0.3) is 11.5 Å². The maximum Gasteiger partial charge on any atom is 0.324 e. The maximum absolute atomic E-state index is 13.9. The Balaban J connectivity index is 1.58. The highest BCUT2D eigenvalue weighted by Crippen LogP contribution is 2.26. The molecule has 1 aromatic heterocycles. The first-order valence-electron chi connectivity index (χ1n) is 10.3. The number of benzene rings is 1. The molecule has 1 unspecified atom stereocenters. The van der Waals surface area contributed by atoms with E-state index in [2.05, 4.69) is 15.3 Å². The van der Waals surface area contributed by atoms with E-state index in [-0.39, 0.29) is 29.8 Å². The normalized spacial score (nSPS) is 18.5. The average Bonchev–Trinajstić information content (AvgIpc) is 3.43. The third-order valence-corrected chi connectivity index (χ3v) is 5.72. The van der Waals surface area contributed by atoms with E-state index in [4.69, 9.17) is 4.74 Å². The summed E-state index contributed by atoms with van der Waals surface area (Å²) in [6.45, 7) is 1.16. The Morgan fingerprint density at radius 1 is 1.38 bits per heavy atom. The highest BCUT2D eigenvalue weighted by atomic mass is 19.1. The zero-order valence-corrected chi connectivity index (χ0v) is 17.6. The Bertz CT molecular complexity index is 1100. The number of halogens is 1. The number of nitrogens with zero attached hydrogens (tertiary/aromatic N) is 3. The minimum absolute atomic E-state index is 0.0246. The van der Waals surface area contributed by atoms with E-state index in [0.717, 1.165) is 0 Å². The first-order valence-corrected chi connectivity index (χ1v) is 10.3. The van der Waals surface area contributed by atoms with Gasteiger partial charge in [0, 0.05) is 39.2 Å². The molecule has 1 aromatic carbocycles. The summed E-state index contributed by atoms with van der Waals surface area (Å²) in [5.74, 6) is -0.952. The molecule has 2 aromatic rings. The first kappa shape index (κ1) is 21.9. The number of aliphatic hydroxyl groups excluding tert-OH is 1. The minimum atomic E-state index is -0.652. The van der Waals surface area contributed by atoms with Crippen molar-refractivity contribution in [3.05, 3.63) is 57.0 Å². The second-order valence-corrected chi connectivity index (χ2v) is 7.81. The van der Waals surface area contributed by atoms with Crippen molar-refractivity contribution in [1.82, 2.24) is 20.2 Å². The van der Waals surface area contributed by atoms with Crippen LogP contribution in [0.4, 0.5) is 14.9 Å². The Morgan fingerprint density at radius 3 is 2.84 bits per heavy atom. The largest absolute Gasteiger partial charge is 0.391 e. The summed E-state index contributed by atoms with van der Waals surface area (Å²) < 4.78 is 19.2. The zero-order chi connectivity index (χ0) is 22.8. The summed E-state index contributed by atoms with van der Waals surface area (Å²) in [4.78, 5) is 47.6. The van der Waals surface area contributed by atoms with E-state index in [1.165, 1.54) is 28.0 Å². The number of hydrogen-bond acceptors (Lipinski definition) is 6. The van der Waals surface area contributed by atoms with Crippen LogP contribution in [0.3, 0.4) is 0 Å². The molecule has 0 saturated carbocycles. The molecule has 170 valence electrons. The number of likely N-dealkylation sites (N-methyl/N-ethyl adjacent to an activating group) is 1. The lowest BCUT2D eigenvalue weighted by Crippen LogP contribution is -2.33. The van der Waals surface area contributed by atoms with Gasteiger partial charge in [0.05, 0.1) is 24.5 Å². The lowest BCUT2D eigenvalue weighted by molar-refractivity contribution is 0.0941. The number of rotatable bonds is 6. The van der Waals surface area contributed by atoms with Gasteiger partial charge < -0.3 is 25.0 Å². The molecule has 2 aliphatic rings. The zero-order valence-electron chi connectivity index (χ0n) is 17.6. The molecule has 0 spiro atoms. The summed E-state index contributed by atoms with van der Waals surface area (Å²) in [6.07, 6.45) is 0.666. The number of aromatic nitrogens is 2. The Kier molecular flexibility index (Phi) is 6.19. The van der Waals surface area contributed by atoms with Gasteiger partial charge in [-0.15, -0.1) is 0 Å². The summed E-state index contributed by atoms with van der Waals surface area (Å²) in [7, 11) is 1.66. The van der Waals surface area contributed by atoms with Crippen molar-refractivity contribution >= 4 is 17.6 Å². The third-order valence-electron chi connectivity index (χ3n) is 5.72. The van der Waals surface area contributed by atoms with Gasteiger partial charge in [0.2, 0.25) is 0 Å². The molecule has 3 heterocycles. The summed E-state index contributed by atoms with van der Waals surface area (Å²) in [5.41, 5.74) is 0.00950. The van der Waals surface area contributed by atoms with Crippen molar-refractivity contribution in [3.63, 3.8) is 0 Å². The topological polar surface area (TPSA) is 128 Å². The maximum atomic E-state index is 13.9. The molecular weight excluding hydrogens is 421 g/mol. The molecule has 0 radical (unpaired) electrons. The molecule has 2 saturated heterocycles. The molecule has 3 amide bonds. The van der Waals surface area contributed by atoms with Crippen molar-refractivity contribution in [2.24, 2.45) is 0 Å². The standard InChI is InChI=1S/C21H24FN5O5/c1-26-5-6-27(21(26)31)16-8-14(22)3-2-12(16)9-23-20(30)17-15(10-28)19(29)25-18(24-17)13-4-7-32-11-13/h2-3,8,13,28H,4-7,9-11H2,1H3,(H,23,30)(H,24,25,29). The number of nitrogens with one attached hydrogen (secondary N) is 2. The first-order chi connectivity index (χ1) is 15.4. The summed E-state index contributed by atoms with van der Waals surface area (Å²) in [6, 6.07) is 3.74. The van der Waals surface area contributed by atoms with Crippen LogP contribution in [0.1, 0.15) is 39.8 Å². The predicted octanol–water partition coefficient (Wildman–Crippen LogP) is 0.707. The van der Waals surface area contributed by atoms with Crippen molar-refractivity contribution in [1.29, 1.82) is 0 Å². The Labute approximate surface area is 183 Å². The van der Waals surface area contributed by atoms with Gasteiger partial charge in [-0.05, 0) is 24.1 Å². The number of aromatic amines is 1. The molecule has 1 atom stereocenters. The second kappa shape index (κ2) is 9.05. The van der Waals surface area contributed by atoms with Crippen molar-refractivity contribution in [2.45, 2.75) is 25.5 Å². The number of H-pyrrole nitrogens is 1. The van der Waals surface area contributed by atoms with Crippen molar-refractivity contribution < 1.29 is 23.8 Å². The molecule has 2 fully saturated rings. The van der Waals surface area contributed by atoms with Gasteiger partial charge in [0.1, 0.15) is 17.3 Å². The number of ether oxygens (including phenoxy) is 1. The van der Waals surface area contributed by atoms with Crippen LogP contribution >= 0.6 is 0 Å². The molecule has 2 aliphatic heterocycles. The Hall–Kier alpha value is -3.31. The van der Waals surface area contributed by atoms with Crippen LogP contribution in [0.15, 0.2) is 23.0 Å². The van der Waals surface area contributed by atoms with Gasteiger partial charge in [-0.2, -0.15) is 0 Å². The molecular formula is C21H24FN5O5. The monoisotopic (exact) mass is 445 g/mol. The number of carbonyl (C=O) groups is 2. The number of hydrogen-bond donors (Lipinski definition) is 3. The lowest BCUT2D eigenvalue weighted by Gasteiger charge is -2.20. The van der Waals surface area contributed by atoms with E-state index in [1.54, 1.807) is 7.05 Å². The van der Waals surface area contributed by atoms with Crippen LogP contribution in [0, 0.1) is 5.82 Å². The number of urea groups is 1.